The highest BCUT2D eigenvalue weighted by atomic mass is 16.1. The lowest BCUT2D eigenvalue weighted by Crippen LogP contribution is -2.36. The SMILES string of the molecule is CCN(CC)CCNC(=O)C(C#N)c1ccccc1. The number of nitriles is 1. The van der Waals surface area contributed by atoms with E-state index in [0.29, 0.717) is 6.54 Å². The van der Waals surface area contributed by atoms with Gasteiger partial charge in [0.2, 0.25) is 5.91 Å². The highest BCUT2D eigenvalue weighted by molar-refractivity contribution is 5.86. The minimum Gasteiger partial charge on any atom is -0.353 e. The second kappa shape index (κ2) is 8.28. The number of benzene rings is 1. The van der Waals surface area contributed by atoms with Crippen molar-refractivity contribution >= 4 is 5.91 Å². The fourth-order valence-electron chi connectivity index (χ4n) is 1.91. The molecule has 0 spiro atoms. The lowest BCUT2D eigenvalue weighted by Gasteiger charge is -2.18. The molecule has 0 aliphatic heterocycles. The third-order valence-corrected chi connectivity index (χ3v) is 3.15. The number of amides is 1. The van der Waals surface area contributed by atoms with Gasteiger partial charge < -0.3 is 10.2 Å². The number of nitrogens with zero attached hydrogens (tertiary/aromatic N) is 2. The first-order valence-electron chi connectivity index (χ1n) is 6.67. The van der Waals surface area contributed by atoms with Gasteiger partial charge in [0.15, 0.2) is 0 Å². The molecule has 0 aliphatic rings. The molecule has 1 rings (SSSR count). The summed E-state index contributed by atoms with van der Waals surface area (Å²) in [6.45, 7) is 7.50. The first kappa shape index (κ1) is 15.2. The lowest BCUT2D eigenvalue weighted by molar-refractivity contribution is -0.121. The zero-order valence-corrected chi connectivity index (χ0v) is 11.6. The van der Waals surface area contributed by atoms with Gasteiger partial charge in [-0.1, -0.05) is 44.2 Å². The number of likely N-dealkylation sites (N-methyl/N-ethyl adjacent to an activating group) is 1. The molecule has 0 aliphatic carbocycles. The zero-order valence-electron chi connectivity index (χ0n) is 11.6. The minimum absolute atomic E-state index is 0.221. The van der Waals surface area contributed by atoms with Crippen molar-refractivity contribution in [2.24, 2.45) is 0 Å². The Bertz CT molecular complexity index is 421. The van der Waals surface area contributed by atoms with Crippen molar-refractivity contribution in [1.82, 2.24) is 10.2 Å². The van der Waals surface area contributed by atoms with Crippen LogP contribution < -0.4 is 5.32 Å². The van der Waals surface area contributed by atoms with Crippen molar-refractivity contribution in [3.63, 3.8) is 0 Å². The van der Waals surface area contributed by atoms with Crippen LogP contribution in [0.3, 0.4) is 0 Å². The molecule has 0 saturated heterocycles. The first-order chi connectivity index (χ1) is 9.22. The summed E-state index contributed by atoms with van der Waals surface area (Å²) in [5, 5.41) is 12.0. The van der Waals surface area contributed by atoms with Crippen LogP contribution in [0.1, 0.15) is 25.3 Å². The van der Waals surface area contributed by atoms with Gasteiger partial charge in [0.05, 0.1) is 6.07 Å². The van der Waals surface area contributed by atoms with Gasteiger partial charge in [0.1, 0.15) is 5.92 Å². The third kappa shape index (κ3) is 4.72. The van der Waals surface area contributed by atoms with Crippen molar-refractivity contribution in [3.05, 3.63) is 35.9 Å². The number of nitrogens with one attached hydrogen (secondary N) is 1. The van der Waals surface area contributed by atoms with E-state index in [1.807, 2.05) is 18.2 Å². The maximum absolute atomic E-state index is 12.0. The van der Waals surface area contributed by atoms with E-state index in [1.54, 1.807) is 12.1 Å². The summed E-state index contributed by atoms with van der Waals surface area (Å²) in [6, 6.07) is 11.2. The van der Waals surface area contributed by atoms with Gasteiger partial charge >= 0.3 is 0 Å². The molecule has 1 atom stereocenters. The van der Waals surface area contributed by atoms with Gasteiger partial charge in [0.25, 0.3) is 0 Å². The minimum atomic E-state index is -0.724. The zero-order chi connectivity index (χ0) is 14.1. The Morgan fingerprint density at radius 1 is 1.32 bits per heavy atom. The molecule has 1 amide bonds. The fourth-order valence-corrected chi connectivity index (χ4v) is 1.91. The van der Waals surface area contributed by atoms with Crippen LogP contribution in [0.25, 0.3) is 0 Å². The van der Waals surface area contributed by atoms with Crippen LogP contribution in [0.15, 0.2) is 30.3 Å². The van der Waals surface area contributed by atoms with E-state index in [1.165, 1.54) is 0 Å². The smallest absolute Gasteiger partial charge is 0.241 e. The Kier molecular flexibility index (Phi) is 6.62. The van der Waals surface area contributed by atoms with Crippen molar-refractivity contribution in [2.75, 3.05) is 26.2 Å². The van der Waals surface area contributed by atoms with Crippen LogP contribution >= 0.6 is 0 Å². The fraction of sp³-hybridized carbons (Fsp3) is 0.467. The predicted octanol–water partition coefficient (Wildman–Crippen LogP) is 1.75. The summed E-state index contributed by atoms with van der Waals surface area (Å²) in [6.07, 6.45) is 0. The molecule has 0 bridgehead atoms. The Morgan fingerprint density at radius 2 is 1.95 bits per heavy atom. The Morgan fingerprint density at radius 3 is 2.47 bits per heavy atom. The lowest BCUT2D eigenvalue weighted by atomic mass is 10.00. The monoisotopic (exact) mass is 259 g/mol. The Balaban J connectivity index is 2.50. The van der Waals surface area contributed by atoms with E-state index in [2.05, 4.69) is 30.1 Å². The summed E-state index contributed by atoms with van der Waals surface area (Å²) in [5.74, 6) is -0.946. The van der Waals surface area contributed by atoms with Crippen molar-refractivity contribution in [1.29, 1.82) is 5.26 Å². The quantitative estimate of drug-likeness (QED) is 0.811. The van der Waals surface area contributed by atoms with Crippen LogP contribution in [-0.4, -0.2) is 37.0 Å². The van der Waals surface area contributed by atoms with Gasteiger partial charge in [-0.25, -0.2) is 0 Å². The summed E-state index contributed by atoms with van der Waals surface area (Å²) >= 11 is 0. The largest absolute Gasteiger partial charge is 0.353 e. The van der Waals surface area contributed by atoms with Gasteiger partial charge in [-0.15, -0.1) is 0 Å². The molecular weight excluding hydrogens is 238 g/mol. The van der Waals surface area contributed by atoms with Gasteiger partial charge in [0, 0.05) is 13.1 Å². The molecule has 0 saturated carbocycles. The molecule has 1 N–H and O–H groups in total. The number of rotatable bonds is 7. The predicted molar refractivity (Wildman–Crippen MR) is 75.6 cm³/mol. The van der Waals surface area contributed by atoms with Crippen LogP contribution in [0.2, 0.25) is 0 Å². The molecule has 4 heteroatoms. The number of carbonyl (C=O) groups excluding carboxylic acids is 1. The van der Waals surface area contributed by atoms with E-state index >= 15 is 0 Å². The average Bonchev–Trinajstić information content (AvgIpc) is 2.45. The summed E-state index contributed by atoms with van der Waals surface area (Å²) in [7, 11) is 0. The average molecular weight is 259 g/mol. The number of carbonyl (C=O) groups is 1. The molecule has 19 heavy (non-hydrogen) atoms. The first-order valence-corrected chi connectivity index (χ1v) is 6.67. The highest BCUT2D eigenvalue weighted by Gasteiger charge is 2.19. The molecule has 0 aromatic heterocycles. The molecule has 0 fully saturated rings. The molecule has 1 aromatic rings. The van der Waals surface area contributed by atoms with Gasteiger partial charge in [-0.05, 0) is 18.7 Å². The third-order valence-electron chi connectivity index (χ3n) is 3.15. The standard InChI is InChI=1S/C15H21N3O/c1-3-18(4-2)11-10-17-15(19)14(12-16)13-8-6-5-7-9-13/h5-9,14H,3-4,10-11H2,1-2H3,(H,17,19). The Hall–Kier alpha value is -1.86. The summed E-state index contributed by atoms with van der Waals surface area (Å²) < 4.78 is 0. The second-order valence-electron chi connectivity index (χ2n) is 4.29. The van der Waals surface area contributed by atoms with Crippen LogP contribution in [0.5, 0.6) is 0 Å². The van der Waals surface area contributed by atoms with E-state index < -0.39 is 5.92 Å². The van der Waals surface area contributed by atoms with E-state index in [0.717, 1.165) is 25.2 Å². The number of hydrogen-bond donors (Lipinski definition) is 1. The maximum Gasteiger partial charge on any atom is 0.241 e. The molecule has 102 valence electrons. The molecule has 0 heterocycles. The van der Waals surface area contributed by atoms with Gasteiger partial charge in [-0.2, -0.15) is 5.26 Å². The number of hydrogen-bond acceptors (Lipinski definition) is 3. The summed E-state index contributed by atoms with van der Waals surface area (Å²) in [4.78, 5) is 14.2. The molecular formula is C15H21N3O. The van der Waals surface area contributed by atoms with Crippen molar-refractivity contribution in [2.45, 2.75) is 19.8 Å². The van der Waals surface area contributed by atoms with Gasteiger partial charge in [-0.3, -0.25) is 4.79 Å². The summed E-state index contributed by atoms with van der Waals surface area (Å²) in [5.41, 5.74) is 0.741. The second-order valence-corrected chi connectivity index (χ2v) is 4.29. The molecule has 1 aromatic carbocycles. The van der Waals surface area contributed by atoms with Crippen LogP contribution in [-0.2, 0) is 4.79 Å². The highest BCUT2D eigenvalue weighted by Crippen LogP contribution is 2.14. The van der Waals surface area contributed by atoms with Crippen molar-refractivity contribution in [3.8, 4) is 6.07 Å². The normalized spacial score (nSPS) is 11.9. The van der Waals surface area contributed by atoms with Crippen LogP contribution in [0, 0.1) is 11.3 Å². The van der Waals surface area contributed by atoms with E-state index in [4.69, 9.17) is 5.26 Å². The topological polar surface area (TPSA) is 56.1 Å². The molecule has 0 radical (unpaired) electrons. The molecule has 4 nitrogen and oxygen atoms in total. The van der Waals surface area contributed by atoms with Crippen LogP contribution in [0.4, 0.5) is 0 Å². The van der Waals surface area contributed by atoms with E-state index in [9.17, 15) is 4.79 Å². The molecule has 1 unspecified atom stereocenters. The van der Waals surface area contributed by atoms with Crippen molar-refractivity contribution < 1.29 is 4.79 Å². The Labute approximate surface area is 115 Å². The maximum atomic E-state index is 12.0. The van der Waals surface area contributed by atoms with E-state index in [-0.39, 0.29) is 5.91 Å².